The van der Waals surface area contributed by atoms with Crippen LogP contribution in [0.5, 0.6) is 5.75 Å². The number of rotatable bonds is 4. The number of nitrogens with one attached hydrogen (secondary N) is 1. The number of hydrogen-bond acceptors (Lipinski definition) is 4. The number of ether oxygens (including phenoxy) is 1. The van der Waals surface area contributed by atoms with E-state index in [4.69, 9.17) is 4.74 Å². The molecule has 0 atom stereocenters. The van der Waals surface area contributed by atoms with Crippen LogP contribution in [0.4, 0.5) is 0 Å². The zero-order valence-electron chi connectivity index (χ0n) is 17.1. The van der Waals surface area contributed by atoms with E-state index in [9.17, 15) is 4.79 Å². The van der Waals surface area contributed by atoms with Crippen LogP contribution < -0.4 is 4.74 Å². The summed E-state index contributed by atoms with van der Waals surface area (Å²) in [5, 5.41) is 7.86. The van der Waals surface area contributed by atoms with Gasteiger partial charge in [-0.05, 0) is 63.9 Å². The van der Waals surface area contributed by atoms with Crippen LogP contribution in [0.15, 0.2) is 18.2 Å². The fraction of sp³-hybridized carbons (Fsp3) is 0.545. The molecule has 1 amide bonds. The van der Waals surface area contributed by atoms with Crippen molar-refractivity contribution < 1.29 is 9.53 Å². The van der Waals surface area contributed by atoms with E-state index in [2.05, 4.69) is 47.1 Å². The smallest absolute Gasteiger partial charge is 0.236 e. The monoisotopic (exact) mass is 382 g/mol. The van der Waals surface area contributed by atoms with E-state index in [0.717, 1.165) is 68.1 Å². The topological polar surface area (TPSA) is 61.5 Å². The first-order chi connectivity index (χ1) is 13.5. The SMILES string of the molecule is CC(C)N(C)CC(=O)N1CCc2[nH]nc(-c3ccc4c(c3)CCCO4)c2CC1. The molecule has 0 aliphatic carbocycles. The lowest BCUT2D eigenvalue weighted by atomic mass is 9.98. The van der Waals surface area contributed by atoms with Gasteiger partial charge in [-0.1, -0.05) is 0 Å². The molecule has 4 rings (SSSR count). The van der Waals surface area contributed by atoms with Crippen LogP contribution in [-0.4, -0.2) is 65.2 Å². The van der Waals surface area contributed by atoms with Crippen molar-refractivity contribution in [3.8, 4) is 17.0 Å². The van der Waals surface area contributed by atoms with Crippen molar-refractivity contribution >= 4 is 5.91 Å². The molecule has 1 aromatic carbocycles. The molecule has 2 aliphatic rings. The van der Waals surface area contributed by atoms with Gasteiger partial charge in [0.05, 0.1) is 18.8 Å². The van der Waals surface area contributed by atoms with E-state index in [1.165, 1.54) is 11.1 Å². The molecule has 2 aromatic rings. The van der Waals surface area contributed by atoms with Crippen molar-refractivity contribution in [1.82, 2.24) is 20.0 Å². The largest absolute Gasteiger partial charge is 0.493 e. The zero-order chi connectivity index (χ0) is 19.7. The van der Waals surface area contributed by atoms with Gasteiger partial charge in [0.25, 0.3) is 0 Å². The molecule has 1 aromatic heterocycles. The van der Waals surface area contributed by atoms with Crippen molar-refractivity contribution in [3.05, 3.63) is 35.0 Å². The summed E-state index contributed by atoms with van der Waals surface area (Å²) < 4.78 is 5.74. The van der Waals surface area contributed by atoms with Gasteiger partial charge in [-0.2, -0.15) is 5.10 Å². The van der Waals surface area contributed by atoms with Gasteiger partial charge < -0.3 is 9.64 Å². The third-order valence-corrected chi connectivity index (χ3v) is 6.02. The Morgan fingerprint density at radius 2 is 2.11 bits per heavy atom. The van der Waals surface area contributed by atoms with E-state index in [1.807, 2.05) is 11.9 Å². The Morgan fingerprint density at radius 3 is 2.93 bits per heavy atom. The zero-order valence-corrected chi connectivity index (χ0v) is 17.1. The molecular weight excluding hydrogens is 352 g/mol. The predicted octanol–water partition coefficient (Wildman–Crippen LogP) is 2.67. The highest BCUT2D eigenvalue weighted by Gasteiger charge is 2.24. The Bertz CT molecular complexity index is 858. The molecule has 0 saturated heterocycles. The van der Waals surface area contributed by atoms with Gasteiger partial charge in [-0.15, -0.1) is 0 Å². The number of carbonyl (C=O) groups is 1. The highest BCUT2D eigenvalue weighted by atomic mass is 16.5. The minimum Gasteiger partial charge on any atom is -0.493 e. The number of aryl methyl sites for hydroxylation is 1. The second-order valence-corrected chi connectivity index (χ2v) is 8.19. The van der Waals surface area contributed by atoms with E-state index < -0.39 is 0 Å². The van der Waals surface area contributed by atoms with E-state index in [1.54, 1.807) is 0 Å². The summed E-state index contributed by atoms with van der Waals surface area (Å²) in [6.07, 6.45) is 3.79. The van der Waals surface area contributed by atoms with E-state index in [0.29, 0.717) is 12.6 Å². The molecular formula is C22H30N4O2. The van der Waals surface area contributed by atoms with Crippen LogP contribution in [0.2, 0.25) is 0 Å². The molecule has 0 bridgehead atoms. The second kappa shape index (κ2) is 7.95. The number of benzene rings is 1. The van der Waals surface area contributed by atoms with Gasteiger partial charge in [0.2, 0.25) is 5.91 Å². The number of hydrogen-bond donors (Lipinski definition) is 1. The first-order valence-corrected chi connectivity index (χ1v) is 10.3. The summed E-state index contributed by atoms with van der Waals surface area (Å²) in [5.41, 5.74) is 5.85. The van der Waals surface area contributed by atoms with Crippen molar-refractivity contribution in [3.63, 3.8) is 0 Å². The molecule has 150 valence electrons. The predicted molar refractivity (Wildman–Crippen MR) is 110 cm³/mol. The third-order valence-electron chi connectivity index (χ3n) is 6.02. The standard InChI is InChI=1S/C22H30N4O2/c1-15(2)25(3)14-21(27)26-10-8-18-19(9-11-26)23-24-22(18)17-6-7-20-16(13-17)5-4-12-28-20/h6-7,13,15H,4-5,8-12,14H2,1-3H3,(H,23,24). The average Bonchev–Trinajstić information content (AvgIpc) is 2.98. The minimum absolute atomic E-state index is 0.210. The molecule has 1 N–H and O–H groups in total. The van der Waals surface area contributed by atoms with Gasteiger partial charge in [0, 0.05) is 42.4 Å². The molecule has 2 aliphatic heterocycles. The maximum Gasteiger partial charge on any atom is 0.236 e. The highest BCUT2D eigenvalue weighted by molar-refractivity contribution is 5.78. The van der Waals surface area contributed by atoms with E-state index in [-0.39, 0.29) is 5.91 Å². The van der Waals surface area contributed by atoms with Crippen molar-refractivity contribution in [2.24, 2.45) is 0 Å². The van der Waals surface area contributed by atoms with Crippen molar-refractivity contribution in [2.75, 3.05) is 33.3 Å². The third kappa shape index (κ3) is 3.78. The normalized spacial score (nSPS) is 16.5. The molecule has 6 heteroatoms. The second-order valence-electron chi connectivity index (χ2n) is 8.19. The van der Waals surface area contributed by atoms with Gasteiger partial charge in [0.1, 0.15) is 5.75 Å². The van der Waals surface area contributed by atoms with Crippen LogP contribution in [0.25, 0.3) is 11.3 Å². The Kier molecular flexibility index (Phi) is 5.40. The fourth-order valence-electron chi connectivity index (χ4n) is 3.97. The van der Waals surface area contributed by atoms with Crippen LogP contribution in [0.1, 0.15) is 37.1 Å². The molecule has 0 saturated carbocycles. The lowest BCUT2D eigenvalue weighted by molar-refractivity contribution is -0.132. The number of carbonyl (C=O) groups excluding carboxylic acids is 1. The van der Waals surface area contributed by atoms with Crippen LogP contribution in [-0.2, 0) is 24.1 Å². The fourth-order valence-corrected chi connectivity index (χ4v) is 3.97. The summed E-state index contributed by atoms with van der Waals surface area (Å²) in [6, 6.07) is 6.76. The molecule has 0 spiro atoms. The highest BCUT2D eigenvalue weighted by Crippen LogP contribution is 2.32. The maximum absolute atomic E-state index is 12.7. The summed E-state index contributed by atoms with van der Waals surface area (Å²) in [7, 11) is 2.00. The van der Waals surface area contributed by atoms with Gasteiger partial charge in [-0.25, -0.2) is 0 Å². The average molecular weight is 383 g/mol. The molecule has 28 heavy (non-hydrogen) atoms. The summed E-state index contributed by atoms with van der Waals surface area (Å²) >= 11 is 0. The lowest BCUT2D eigenvalue weighted by Gasteiger charge is -2.26. The maximum atomic E-state index is 12.7. The quantitative estimate of drug-likeness (QED) is 0.883. The number of aromatic nitrogens is 2. The van der Waals surface area contributed by atoms with Crippen LogP contribution in [0, 0.1) is 0 Å². The number of fused-ring (bicyclic) bond motifs is 2. The first-order valence-electron chi connectivity index (χ1n) is 10.3. The Labute approximate surface area is 166 Å². The van der Waals surface area contributed by atoms with Gasteiger partial charge >= 0.3 is 0 Å². The summed E-state index contributed by atoms with van der Waals surface area (Å²) in [5.74, 6) is 1.21. The molecule has 3 heterocycles. The number of amides is 1. The Balaban J connectivity index is 1.50. The lowest BCUT2D eigenvalue weighted by Crippen LogP contribution is -2.42. The number of H-pyrrole nitrogens is 1. The summed E-state index contributed by atoms with van der Waals surface area (Å²) in [6.45, 7) is 7.00. The molecule has 0 unspecified atom stereocenters. The van der Waals surface area contributed by atoms with Gasteiger partial charge in [0.15, 0.2) is 0 Å². The van der Waals surface area contributed by atoms with Gasteiger partial charge in [-0.3, -0.25) is 14.8 Å². The molecule has 0 fully saturated rings. The van der Waals surface area contributed by atoms with Crippen LogP contribution in [0.3, 0.4) is 0 Å². The number of likely N-dealkylation sites (N-methyl/N-ethyl adjacent to an activating group) is 1. The Hall–Kier alpha value is -2.34. The molecule has 0 radical (unpaired) electrons. The van der Waals surface area contributed by atoms with E-state index >= 15 is 0 Å². The van der Waals surface area contributed by atoms with Crippen LogP contribution >= 0.6 is 0 Å². The number of nitrogens with zero attached hydrogens (tertiary/aromatic N) is 3. The Morgan fingerprint density at radius 1 is 1.29 bits per heavy atom. The first kappa shape index (κ1) is 19.0. The summed E-state index contributed by atoms with van der Waals surface area (Å²) in [4.78, 5) is 16.8. The van der Waals surface area contributed by atoms with Crippen molar-refractivity contribution in [2.45, 2.75) is 45.6 Å². The molecule has 6 nitrogen and oxygen atoms in total. The minimum atomic E-state index is 0.210. The van der Waals surface area contributed by atoms with Crippen molar-refractivity contribution in [1.29, 1.82) is 0 Å². The number of aromatic amines is 1.